The van der Waals surface area contributed by atoms with Gasteiger partial charge in [-0.1, -0.05) is 90.8 Å². The van der Waals surface area contributed by atoms with Crippen LogP contribution >= 0.6 is 35.0 Å². The van der Waals surface area contributed by atoms with Crippen LogP contribution in [0.4, 0.5) is 0 Å². The van der Waals surface area contributed by atoms with Gasteiger partial charge in [-0.2, -0.15) is 0 Å². The second kappa shape index (κ2) is 16.5. The Morgan fingerprint density at radius 2 is 1.67 bits per heavy atom. The molecule has 1 aliphatic heterocycles. The predicted molar refractivity (Wildman–Crippen MR) is 187 cm³/mol. The molecule has 2 heterocycles. The van der Waals surface area contributed by atoms with Gasteiger partial charge in [0, 0.05) is 49.8 Å². The maximum atomic E-state index is 13.2. The second-order valence-corrected chi connectivity index (χ2v) is 13.7. The van der Waals surface area contributed by atoms with Gasteiger partial charge in [-0.3, -0.25) is 14.2 Å². The Morgan fingerprint density at radius 1 is 0.891 bits per heavy atom. The van der Waals surface area contributed by atoms with Crippen molar-refractivity contribution in [3.8, 4) is 5.69 Å². The first-order valence-electron chi connectivity index (χ1n) is 16.1. The molecule has 1 atom stereocenters. The van der Waals surface area contributed by atoms with Gasteiger partial charge in [-0.25, -0.2) is 0 Å². The number of unbranched alkanes of at least 4 members (excludes halogenated alkanes) is 2. The van der Waals surface area contributed by atoms with Crippen LogP contribution in [-0.4, -0.2) is 67.8 Å². The third kappa shape index (κ3) is 8.72. The van der Waals surface area contributed by atoms with Crippen LogP contribution in [0.3, 0.4) is 0 Å². The van der Waals surface area contributed by atoms with Gasteiger partial charge in [0.05, 0.1) is 15.7 Å². The summed E-state index contributed by atoms with van der Waals surface area (Å²) in [6.45, 7) is 5.89. The summed E-state index contributed by atoms with van der Waals surface area (Å²) in [5.74, 6) is 1.80. The van der Waals surface area contributed by atoms with Crippen LogP contribution in [0, 0.1) is 0 Å². The lowest BCUT2D eigenvalue weighted by atomic mass is 10.0. The van der Waals surface area contributed by atoms with Crippen molar-refractivity contribution in [2.75, 3.05) is 25.4 Å². The van der Waals surface area contributed by atoms with Crippen molar-refractivity contribution < 1.29 is 9.59 Å². The van der Waals surface area contributed by atoms with Crippen LogP contribution < -0.4 is 0 Å². The van der Waals surface area contributed by atoms with E-state index in [1.54, 1.807) is 17.8 Å². The van der Waals surface area contributed by atoms with Crippen LogP contribution in [0.15, 0.2) is 78.0 Å². The minimum atomic E-state index is -0.0293. The Balaban J connectivity index is 1.11. The molecule has 2 amide bonds. The Morgan fingerprint density at radius 3 is 2.39 bits per heavy atom. The molecule has 1 aliphatic rings. The number of hydrogen-bond acceptors (Lipinski definition) is 5. The van der Waals surface area contributed by atoms with Crippen LogP contribution in [0.2, 0.25) is 10.0 Å². The van der Waals surface area contributed by atoms with E-state index in [1.165, 1.54) is 5.56 Å². The summed E-state index contributed by atoms with van der Waals surface area (Å²) in [5, 5.41) is 10.8. The zero-order chi connectivity index (χ0) is 32.5. The van der Waals surface area contributed by atoms with Crippen LogP contribution in [0.1, 0.15) is 73.3 Å². The number of carbonyl (C=O) groups is 2. The lowest BCUT2D eigenvalue weighted by Crippen LogP contribution is -2.55. The Labute approximate surface area is 286 Å². The molecule has 0 radical (unpaired) electrons. The number of halogens is 2. The van der Waals surface area contributed by atoms with Gasteiger partial charge in [0.2, 0.25) is 5.91 Å². The Bertz CT molecular complexity index is 1610. The summed E-state index contributed by atoms with van der Waals surface area (Å²) in [6.07, 6.45) is 6.10. The molecule has 1 saturated heterocycles. The number of benzene rings is 3. The molecule has 0 spiro atoms. The molecule has 5 rings (SSSR count). The predicted octanol–water partition coefficient (Wildman–Crippen LogP) is 8.14. The molecule has 1 unspecified atom stereocenters. The SMILES string of the molecule is CCCCc1ccc(C(=O)N2CCN(C(=O)CCCCSc3nnc(Cc4ccccc4)n3-c3ccc(Cl)c(Cl)c3)CC2C)cc1. The van der Waals surface area contributed by atoms with E-state index < -0.39 is 0 Å². The zero-order valence-electron chi connectivity index (χ0n) is 26.5. The van der Waals surface area contributed by atoms with Crippen molar-refractivity contribution >= 4 is 46.8 Å². The van der Waals surface area contributed by atoms with Gasteiger partial charge in [-0.05, 0) is 74.1 Å². The largest absolute Gasteiger partial charge is 0.339 e. The van der Waals surface area contributed by atoms with Gasteiger partial charge < -0.3 is 9.80 Å². The van der Waals surface area contributed by atoms with E-state index >= 15 is 0 Å². The average molecular weight is 679 g/mol. The highest BCUT2D eigenvalue weighted by atomic mass is 35.5. The molecule has 4 aromatic rings. The molecule has 46 heavy (non-hydrogen) atoms. The van der Waals surface area contributed by atoms with E-state index in [9.17, 15) is 9.59 Å². The number of nitrogens with zero attached hydrogens (tertiary/aromatic N) is 5. The molecular formula is C36H41Cl2N5O2S. The quantitative estimate of drug-likeness (QED) is 0.106. The van der Waals surface area contributed by atoms with Gasteiger partial charge >= 0.3 is 0 Å². The first-order chi connectivity index (χ1) is 22.3. The third-order valence-corrected chi connectivity index (χ3v) is 10.1. The molecule has 3 aromatic carbocycles. The van der Waals surface area contributed by atoms with E-state index in [0.717, 1.165) is 60.1 Å². The topological polar surface area (TPSA) is 71.3 Å². The van der Waals surface area contributed by atoms with Gasteiger partial charge in [0.15, 0.2) is 5.16 Å². The minimum absolute atomic E-state index is 0.0293. The summed E-state index contributed by atoms with van der Waals surface area (Å²) in [7, 11) is 0. The molecule has 1 aromatic heterocycles. The molecule has 0 aliphatic carbocycles. The van der Waals surface area contributed by atoms with E-state index in [-0.39, 0.29) is 17.9 Å². The molecule has 242 valence electrons. The van der Waals surface area contributed by atoms with Crippen molar-refractivity contribution in [2.24, 2.45) is 0 Å². The van der Waals surface area contributed by atoms with Crippen molar-refractivity contribution in [2.45, 2.75) is 70.0 Å². The third-order valence-electron chi connectivity index (χ3n) is 8.34. The minimum Gasteiger partial charge on any atom is -0.339 e. The number of carbonyl (C=O) groups excluding carboxylic acids is 2. The fourth-order valence-corrected chi connectivity index (χ4v) is 6.98. The highest BCUT2D eigenvalue weighted by Gasteiger charge is 2.30. The van der Waals surface area contributed by atoms with E-state index in [1.807, 2.05) is 63.8 Å². The number of aryl methyl sites for hydroxylation is 1. The van der Waals surface area contributed by atoms with Crippen LogP contribution in [-0.2, 0) is 17.6 Å². The van der Waals surface area contributed by atoms with Crippen LogP contribution in [0.25, 0.3) is 5.69 Å². The smallest absolute Gasteiger partial charge is 0.254 e. The second-order valence-electron chi connectivity index (χ2n) is 11.8. The van der Waals surface area contributed by atoms with Crippen molar-refractivity contribution in [1.82, 2.24) is 24.6 Å². The fourth-order valence-electron chi connectivity index (χ4n) is 5.72. The van der Waals surface area contributed by atoms with Gasteiger partial charge in [0.25, 0.3) is 5.91 Å². The highest BCUT2D eigenvalue weighted by Crippen LogP contribution is 2.29. The van der Waals surface area contributed by atoms with Gasteiger partial charge in [0.1, 0.15) is 5.82 Å². The fraction of sp³-hybridized carbons (Fsp3) is 0.389. The summed E-state index contributed by atoms with van der Waals surface area (Å²) in [4.78, 5) is 30.1. The van der Waals surface area contributed by atoms with E-state index in [4.69, 9.17) is 23.2 Å². The van der Waals surface area contributed by atoms with E-state index in [0.29, 0.717) is 48.1 Å². The number of thioether (sulfide) groups is 1. The van der Waals surface area contributed by atoms with Crippen molar-refractivity contribution in [1.29, 1.82) is 0 Å². The van der Waals surface area contributed by atoms with Crippen LogP contribution in [0.5, 0.6) is 0 Å². The van der Waals surface area contributed by atoms with Crippen molar-refractivity contribution in [3.63, 3.8) is 0 Å². The standard InChI is InChI=1S/C36H41Cl2N5O2S/c1-3-4-10-27-14-16-29(17-15-27)35(45)42-21-20-41(25-26(42)2)34(44)13-8-9-22-46-36-40-39-33(23-28-11-6-5-7-12-28)43(36)30-18-19-31(37)32(38)24-30/h5-7,11-12,14-19,24,26H,3-4,8-10,13,20-23,25H2,1-2H3. The number of piperazine rings is 1. The Kier molecular flexibility index (Phi) is 12.2. The maximum absolute atomic E-state index is 13.2. The normalized spacial score (nSPS) is 14.9. The molecule has 0 saturated carbocycles. The number of amides is 2. The summed E-state index contributed by atoms with van der Waals surface area (Å²) < 4.78 is 2.04. The summed E-state index contributed by atoms with van der Waals surface area (Å²) in [6, 6.07) is 23.7. The first-order valence-corrected chi connectivity index (χ1v) is 17.8. The molecule has 0 bridgehead atoms. The molecule has 7 nitrogen and oxygen atoms in total. The number of aromatic nitrogens is 3. The molecular weight excluding hydrogens is 637 g/mol. The summed E-state index contributed by atoms with van der Waals surface area (Å²) in [5.41, 5.74) is 3.98. The molecule has 0 N–H and O–H groups in total. The maximum Gasteiger partial charge on any atom is 0.254 e. The Hall–Kier alpha value is -3.33. The highest BCUT2D eigenvalue weighted by molar-refractivity contribution is 7.99. The van der Waals surface area contributed by atoms with Crippen molar-refractivity contribution in [3.05, 3.63) is 105 Å². The number of rotatable bonds is 13. The molecule has 1 fully saturated rings. The summed E-state index contributed by atoms with van der Waals surface area (Å²) >= 11 is 14.2. The molecule has 10 heteroatoms. The average Bonchev–Trinajstić information content (AvgIpc) is 3.46. The van der Waals surface area contributed by atoms with Gasteiger partial charge in [-0.15, -0.1) is 10.2 Å². The number of hydrogen-bond donors (Lipinski definition) is 0. The first kappa shape index (κ1) is 34.0. The lowest BCUT2D eigenvalue weighted by molar-refractivity contribution is -0.133. The lowest BCUT2D eigenvalue weighted by Gasteiger charge is -2.40. The zero-order valence-corrected chi connectivity index (χ0v) is 28.8. The monoisotopic (exact) mass is 677 g/mol. The van der Waals surface area contributed by atoms with E-state index in [2.05, 4.69) is 41.4 Å².